The van der Waals surface area contributed by atoms with Gasteiger partial charge in [0.15, 0.2) is 5.58 Å². The average Bonchev–Trinajstić information content (AvgIpc) is 3.32. The fraction of sp³-hybridized carbons (Fsp3) is 0.391. The molecule has 0 saturated carbocycles. The van der Waals surface area contributed by atoms with Gasteiger partial charge in [-0.15, -0.1) is 0 Å². The van der Waals surface area contributed by atoms with Gasteiger partial charge in [0, 0.05) is 43.1 Å². The predicted molar refractivity (Wildman–Crippen MR) is 117 cm³/mol. The summed E-state index contributed by atoms with van der Waals surface area (Å²) in [6.45, 7) is 5.17. The third-order valence-electron chi connectivity index (χ3n) is 6.20. The Morgan fingerprint density at radius 1 is 1.17 bits per heavy atom. The van der Waals surface area contributed by atoms with Gasteiger partial charge in [0.25, 0.3) is 0 Å². The molecule has 0 spiro atoms. The quantitative estimate of drug-likeness (QED) is 0.696. The standard InChI is InChI=1S/C23H26N4O3/c1-15-13-26(9-10-27(15)19-7-5-16-3-2-4-17(16)11-19)14-22(28)24-18-6-8-20-21(12-18)30-23(29)25-20/h5-8,11-12,15H,2-4,9-10,13-14H2,1H3,(H,24,28)(H,25,29)/t15-/m1/s1. The largest absolute Gasteiger partial charge is 0.417 e. The number of aromatic amines is 1. The van der Waals surface area contributed by atoms with Gasteiger partial charge in [-0.25, -0.2) is 4.79 Å². The van der Waals surface area contributed by atoms with Gasteiger partial charge in [0.05, 0.1) is 12.1 Å². The van der Waals surface area contributed by atoms with Crippen molar-refractivity contribution >= 4 is 28.4 Å². The Labute approximate surface area is 174 Å². The first-order chi connectivity index (χ1) is 14.5. The van der Waals surface area contributed by atoms with Crippen LogP contribution in [0.5, 0.6) is 0 Å². The molecule has 2 aromatic carbocycles. The highest BCUT2D eigenvalue weighted by molar-refractivity contribution is 5.94. The topological polar surface area (TPSA) is 81.6 Å². The van der Waals surface area contributed by atoms with E-state index in [1.54, 1.807) is 18.2 Å². The van der Waals surface area contributed by atoms with Crippen LogP contribution in [0, 0.1) is 0 Å². The van der Waals surface area contributed by atoms with Crippen molar-refractivity contribution in [2.45, 2.75) is 32.2 Å². The second kappa shape index (κ2) is 7.65. The highest BCUT2D eigenvalue weighted by Crippen LogP contribution is 2.28. The highest BCUT2D eigenvalue weighted by Gasteiger charge is 2.26. The number of hydrogen-bond donors (Lipinski definition) is 2. The number of carbonyl (C=O) groups excluding carboxylic acids is 1. The molecular weight excluding hydrogens is 380 g/mol. The number of carbonyl (C=O) groups is 1. The zero-order chi connectivity index (χ0) is 20.7. The molecule has 2 aliphatic rings. The van der Waals surface area contributed by atoms with Crippen molar-refractivity contribution in [3.63, 3.8) is 0 Å². The maximum atomic E-state index is 12.5. The number of H-pyrrole nitrogens is 1. The molecule has 156 valence electrons. The maximum absolute atomic E-state index is 12.5. The third-order valence-corrected chi connectivity index (χ3v) is 6.20. The Hall–Kier alpha value is -3.06. The fourth-order valence-corrected chi connectivity index (χ4v) is 4.72. The molecule has 0 bridgehead atoms. The van der Waals surface area contributed by atoms with Crippen molar-refractivity contribution in [3.8, 4) is 0 Å². The second-order valence-electron chi connectivity index (χ2n) is 8.36. The number of anilines is 2. The van der Waals surface area contributed by atoms with Crippen LogP contribution >= 0.6 is 0 Å². The molecule has 1 saturated heterocycles. The monoisotopic (exact) mass is 406 g/mol. The van der Waals surface area contributed by atoms with E-state index in [0.717, 1.165) is 19.6 Å². The summed E-state index contributed by atoms with van der Waals surface area (Å²) in [5.74, 6) is -0.561. The maximum Gasteiger partial charge on any atom is 0.417 e. The summed E-state index contributed by atoms with van der Waals surface area (Å²) in [5.41, 5.74) is 5.98. The summed E-state index contributed by atoms with van der Waals surface area (Å²) in [6, 6.07) is 12.4. The van der Waals surface area contributed by atoms with Gasteiger partial charge in [-0.2, -0.15) is 0 Å². The average molecular weight is 406 g/mol. The molecule has 1 amide bonds. The molecule has 7 heteroatoms. The van der Waals surface area contributed by atoms with E-state index in [0.29, 0.717) is 29.4 Å². The van der Waals surface area contributed by atoms with E-state index in [-0.39, 0.29) is 5.91 Å². The van der Waals surface area contributed by atoms with Crippen LogP contribution in [0.1, 0.15) is 24.5 Å². The van der Waals surface area contributed by atoms with Crippen LogP contribution in [0.15, 0.2) is 45.6 Å². The lowest BCUT2D eigenvalue weighted by molar-refractivity contribution is -0.117. The van der Waals surface area contributed by atoms with Crippen molar-refractivity contribution in [1.82, 2.24) is 9.88 Å². The normalized spacial score (nSPS) is 19.2. The van der Waals surface area contributed by atoms with Gasteiger partial charge in [-0.05, 0) is 61.6 Å². The Morgan fingerprint density at radius 2 is 2.03 bits per heavy atom. The molecule has 1 aliphatic carbocycles. The summed E-state index contributed by atoms with van der Waals surface area (Å²) < 4.78 is 5.06. The zero-order valence-corrected chi connectivity index (χ0v) is 17.1. The van der Waals surface area contributed by atoms with Gasteiger partial charge < -0.3 is 14.6 Å². The van der Waals surface area contributed by atoms with Crippen molar-refractivity contribution in [2.24, 2.45) is 0 Å². The number of fused-ring (bicyclic) bond motifs is 2. The molecule has 30 heavy (non-hydrogen) atoms. The van der Waals surface area contributed by atoms with Crippen molar-refractivity contribution in [3.05, 3.63) is 58.1 Å². The van der Waals surface area contributed by atoms with Crippen LogP contribution in [0.25, 0.3) is 11.1 Å². The number of aryl methyl sites for hydroxylation is 2. The summed E-state index contributed by atoms with van der Waals surface area (Å²) in [4.78, 5) is 31.1. The number of nitrogens with one attached hydrogen (secondary N) is 2. The van der Waals surface area contributed by atoms with E-state index in [2.05, 4.69) is 45.2 Å². The summed E-state index contributed by atoms with van der Waals surface area (Å²) in [6.07, 6.45) is 3.66. The first-order valence-corrected chi connectivity index (χ1v) is 10.6. The first-order valence-electron chi connectivity index (χ1n) is 10.6. The molecule has 1 aliphatic heterocycles. The number of oxazole rings is 1. The number of aromatic nitrogens is 1. The highest BCUT2D eigenvalue weighted by atomic mass is 16.4. The Balaban J connectivity index is 1.19. The molecule has 7 nitrogen and oxygen atoms in total. The van der Waals surface area contributed by atoms with Crippen LogP contribution < -0.4 is 16.0 Å². The minimum Gasteiger partial charge on any atom is -0.408 e. The fourth-order valence-electron chi connectivity index (χ4n) is 4.72. The number of hydrogen-bond acceptors (Lipinski definition) is 5. The Kier molecular flexibility index (Phi) is 4.83. The van der Waals surface area contributed by atoms with Crippen LogP contribution in [0.3, 0.4) is 0 Å². The number of piperazine rings is 1. The lowest BCUT2D eigenvalue weighted by Gasteiger charge is -2.41. The van der Waals surface area contributed by atoms with Crippen LogP contribution in [0.4, 0.5) is 11.4 Å². The molecule has 0 unspecified atom stereocenters. The molecule has 1 aromatic heterocycles. The molecule has 2 N–H and O–H groups in total. The van der Waals surface area contributed by atoms with Gasteiger partial charge in [0.2, 0.25) is 5.91 Å². The van der Waals surface area contributed by atoms with E-state index in [1.165, 1.54) is 36.1 Å². The summed E-state index contributed by atoms with van der Waals surface area (Å²) in [7, 11) is 0. The van der Waals surface area contributed by atoms with Gasteiger partial charge in [0.1, 0.15) is 0 Å². The smallest absolute Gasteiger partial charge is 0.408 e. The van der Waals surface area contributed by atoms with Gasteiger partial charge in [-0.1, -0.05) is 6.07 Å². The molecular formula is C23H26N4O3. The lowest BCUT2D eigenvalue weighted by atomic mass is 10.1. The molecule has 5 rings (SSSR count). The van der Waals surface area contributed by atoms with E-state index in [4.69, 9.17) is 4.42 Å². The number of benzene rings is 2. The minimum absolute atomic E-state index is 0.0644. The van der Waals surface area contributed by atoms with Crippen molar-refractivity contribution in [1.29, 1.82) is 0 Å². The first kappa shape index (κ1) is 18.9. The van der Waals surface area contributed by atoms with Crippen molar-refractivity contribution in [2.75, 3.05) is 36.4 Å². The van der Waals surface area contributed by atoms with Gasteiger partial charge in [-0.3, -0.25) is 14.7 Å². The van der Waals surface area contributed by atoms with E-state index in [9.17, 15) is 9.59 Å². The molecule has 1 atom stereocenters. The number of amides is 1. The molecule has 3 aromatic rings. The second-order valence-corrected chi connectivity index (χ2v) is 8.36. The number of nitrogens with zero attached hydrogens (tertiary/aromatic N) is 2. The lowest BCUT2D eigenvalue weighted by Crippen LogP contribution is -2.53. The van der Waals surface area contributed by atoms with E-state index in [1.807, 2.05) is 0 Å². The van der Waals surface area contributed by atoms with Crippen molar-refractivity contribution < 1.29 is 9.21 Å². The van der Waals surface area contributed by atoms with Crippen LogP contribution in [0.2, 0.25) is 0 Å². The number of rotatable bonds is 4. The Morgan fingerprint density at radius 3 is 2.90 bits per heavy atom. The zero-order valence-electron chi connectivity index (χ0n) is 17.1. The Bertz CT molecular complexity index is 1150. The van der Waals surface area contributed by atoms with Crippen LogP contribution in [-0.4, -0.2) is 48.0 Å². The minimum atomic E-state index is -0.497. The third kappa shape index (κ3) is 3.73. The van der Waals surface area contributed by atoms with E-state index < -0.39 is 5.76 Å². The van der Waals surface area contributed by atoms with Crippen LogP contribution in [-0.2, 0) is 17.6 Å². The SMILES string of the molecule is C[C@@H]1CN(CC(=O)Nc2ccc3[nH]c(=O)oc3c2)CCN1c1ccc2c(c1)CCC2. The van der Waals surface area contributed by atoms with E-state index >= 15 is 0 Å². The molecule has 1 fully saturated rings. The summed E-state index contributed by atoms with van der Waals surface area (Å²) in [5, 5.41) is 2.91. The summed E-state index contributed by atoms with van der Waals surface area (Å²) >= 11 is 0. The predicted octanol–water partition coefficient (Wildman–Crippen LogP) is 2.76. The molecule has 0 radical (unpaired) electrons. The molecule has 2 heterocycles. The van der Waals surface area contributed by atoms with Gasteiger partial charge >= 0.3 is 5.76 Å².